The summed E-state index contributed by atoms with van der Waals surface area (Å²) < 4.78 is 2.10. The second kappa shape index (κ2) is 10.5. The molecule has 206 valence electrons. The van der Waals surface area contributed by atoms with Crippen molar-refractivity contribution in [1.82, 2.24) is 14.9 Å². The smallest absolute Gasteiger partial charge is 0.335 e. The summed E-state index contributed by atoms with van der Waals surface area (Å²) >= 11 is 1.63. The first-order valence-electron chi connectivity index (χ1n) is 13.8. The minimum Gasteiger partial charge on any atom is -0.478 e. The third-order valence-corrected chi connectivity index (χ3v) is 8.81. The van der Waals surface area contributed by atoms with Crippen molar-refractivity contribution in [3.8, 4) is 0 Å². The van der Waals surface area contributed by atoms with Crippen LogP contribution in [-0.2, 0) is 12.1 Å². The predicted octanol–water partition coefficient (Wildman–Crippen LogP) is 7.51. The van der Waals surface area contributed by atoms with Crippen molar-refractivity contribution in [2.24, 2.45) is 0 Å². The molecule has 6 aromatic rings. The van der Waals surface area contributed by atoms with Gasteiger partial charge < -0.3 is 15.0 Å². The van der Waals surface area contributed by atoms with Gasteiger partial charge >= 0.3 is 5.97 Å². The Balaban J connectivity index is 1.26. The third kappa shape index (κ3) is 5.03. The zero-order valence-corrected chi connectivity index (χ0v) is 23.5. The molecule has 1 amide bonds. The van der Waals surface area contributed by atoms with Crippen LogP contribution < -0.4 is 5.32 Å². The number of aromatic nitrogens is 2. The highest BCUT2D eigenvalue weighted by atomic mass is 32.2. The average Bonchev–Trinajstić information content (AvgIpc) is 3.69. The van der Waals surface area contributed by atoms with Gasteiger partial charge in [0.25, 0.3) is 5.91 Å². The molecule has 2 N–H and O–H groups in total. The molecule has 0 saturated heterocycles. The Hall–Kier alpha value is -4.88. The highest BCUT2D eigenvalue weighted by Crippen LogP contribution is 2.46. The van der Waals surface area contributed by atoms with E-state index in [2.05, 4.69) is 46.3 Å². The number of hydrogen-bond donors (Lipinski definition) is 2. The van der Waals surface area contributed by atoms with Gasteiger partial charge in [0.05, 0.1) is 39.9 Å². The molecule has 0 unspecified atom stereocenters. The minimum atomic E-state index is -0.966. The van der Waals surface area contributed by atoms with E-state index in [-0.39, 0.29) is 11.5 Å². The third-order valence-electron chi connectivity index (χ3n) is 7.83. The van der Waals surface area contributed by atoms with Gasteiger partial charge in [-0.2, -0.15) is 0 Å². The molecule has 2 heterocycles. The molecule has 0 atom stereocenters. The number of carboxylic acids is 1. The zero-order chi connectivity index (χ0) is 28.7. The Morgan fingerprint density at radius 2 is 1.60 bits per heavy atom. The molecule has 1 saturated carbocycles. The molecule has 1 aliphatic carbocycles. The summed E-state index contributed by atoms with van der Waals surface area (Å²) in [5.74, 6) is -1.12. The number of fused-ring (bicyclic) bond motifs is 2. The Kier molecular flexibility index (Phi) is 6.52. The van der Waals surface area contributed by atoms with Gasteiger partial charge in [0.1, 0.15) is 0 Å². The first-order chi connectivity index (χ1) is 20.5. The zero-order valence-electron chi connectivity index (χ0n) is 22.7. The molecule has 7 heteroatoms. The number of nitrogens with zero attached hydrogens (tertiary/aromatic N) is 2. The Morgan fingerprint density at radius 1 is 0.833 bits per heavy atom. The lowest BCUT2D eigenvalue weighted by Gasteiger charge is -2.20. The van der Waals surface area contributed by atoms with Crippen LogP contribution >= 0.6 is 11.8 Å². The molecule has 6 nitrogen and oxygen atoms in total. The van der Waals surface area contributed by atoms with Gasteiger partial charge in [-0.3, -0.25) is 9.78 Å². The maximum Gasteiger partial charge on any atom is 0.335 e. The molecule has 0 bridgehead atoms. The van der Waals surface area contributed by atoms with Crippen LogP contribution in [0.2, 0.25) is 0 Å². The second-order valence-electron chi connectivity index (χ2n) is 10.7. The number of carbonyl (C=O) groups is 2. The van der Waals surface area contributed by atoms with E-state index in [1.807, 2.05) is 66.9 Å². The topological polar surface area (TPSA) is 84.2 Å². The molecule has 1 aliphatic rings. The molecular weight excluding hydrogens is 542 g/mol. The maximum atomic E-state index is 14.1. The van der Waals surface area contributed by atoms with E-state index in [9.17, 15) is 14.7 Å². The lowest BCUT2D eigenvalue weighted by molar-refractivity contribution is 0.0696. The second-order valence-corrected chi connectivity index (χ2v) is 11.8. The van der Waals surface area contributed by atoms with E-state index >= 15 is 0 Å². The highest BCUT2D eigenvalue weighted by molar-refractivity contribution is 7.99. The number of rotatable bonds is 8. The van der Waals surface area contributed by atoms with Gasteiger partial charge in [-0.15, -0.1) is 0 Å². The van der Waals surface area contributed by atoms with Crippen LogP contribution in [0.5, 0.6) is 0 Å². The fourth-order valence-electron chi connectivity index (χ4n) is 5.51. The number of amides is 1. The number of carboxylic acid groups (broad SMARTS) is 1. The van der Waals surface area contributed by atoms with Crippen LogP contribution in [0.25, 0.3) is 21.8 Å². The van der Waals surface area contributed by atoms with E-state index in [1.165, 1.54) is 0 Å². The van der Waals surface area contributed by atoms with Crippen LogP contribution in [0.4, 0.5) is 0 Å². The van der Waals surface area contributed by atoms with Crippen LogP contribution in [0.15, 0.2) is 125 Å². The van der Waals surface area contributed by atoms with Crippen molar-refractivity contribution in [2.75, 3.05) is 0 Å². The standard InChI is InChI=1S/C35H27N3O3S/c39-33(37-35(17-18-35)26-13-10-24(11-14-26)34(40)41)30-21-29(42-28-7-2-1-3-8-28)20-25-16-19-38(32(25)30)22-27-15-12-23-6-4-5-9-31(23)36-27/h1-16,19-21H,17-18,22H2,(H,37,39)(H,40,41). The van der Waals surface area contributed by atoms with Crippen LogP contribution in [0, 0.1) is 0 Å². The fraction of sp³-hybridized carbons (Fsp3) is 0.114. The SMILES string of the molecule is O=C(O)c1ccc(C2(NC(=O)c3cc(Sc4ccccc4)cc4ccn(Cc5ccc6ccccc6n5)c34)CC2)cc1. The molecule has 1 fully saturated rings. The molecular formula is C35H27N3O3S. The summed E-state index contributed by atoms with van der Waals surface area (Å²) in [6.07, 6.45) is 3.62. The number of hydrogen-bond acceptors (Lipinski definition) is 4. The van der Waals surface area contributed by atoms with Gasteiger partial charge in [-0.05, 0) is 73.0 Å². The van der Waals surface area contributed by atoms with Crippen molar-refractivity contribution in [3.63, 3.8) is 0 Å². The average molecular weight is 570 g/mol. The number of carbonyl (C=O) groups excluding carboxylic acids is 1. The van der Waals surface area contributed by atoms with E-state index < -0.39 is 11.5 Å². The van der Waals surface area contributed by atoms with Crippen LogP contribution in [0.1, 0.15) is 44.8 Å². The van der Waals surface area contributed by atoms with E-state index in [1.54, 1.807) is 23.9 Å². The van der Waals surface area contributed by atoms with Crippen molar-refractivity contribution in [2.45, 2.75) is 34.7 Å². The summed E-state index contributed by atoms with van der Waals surface area (Å²) in [6.45, 7) is 0.529. The Bertz CT molecular complexity index is 1960. The molecule has 2 aromatic heterocycles. The van der Waals surface area contributed by atoms with Crippen molar-refractivity contribution in [1.29, 1.82) is 0 Å². The normalized spacial score (nSPS) is 13.7. The van der Waals surface area contributed by atoms with Gasteiger partial charge in [0.2, 0.25) is 0 Å². The summed E-state index contributed by atoms with van der Waals surface area (Å²) in [4.78, 5) is 32.4. The van der Waals surface area contributed by atoms with Crippen molar-refractivity contribution < 1.29 is 14.7 Å². The molecule has 0 spiro atoms. The van der Waals surface area contributed by atoms with E-state index in [0.717, 1.165) is 55.7 Å². The Morgan fingerprint density at radius 3 is 2.36 bits per heavy atom. The van der Waals surface area contributed by atoms with Crippen LogP contribution in [0.3, 0.4) is 0 Å². The number of pyridine rings is 1. The largest absolute Gasteiger partial charge is 0.478 e. The summed E-state index contributed by atoms with van der Waals surface area (Å²) in [5.41, 5.74) is 3.96. The van der Waals surface area contributed by atoms with Crippen molar-refractivity contribution in [3.05, 3.63) is 138 Å². The van der Waals surface area contributed by atoms with Gasteiger partial charge in [0.15, 0.2) is 0 Å². The van der Waals surface area contributed by atoms with Gasteiger partial charge in [-0.1, -0.05) is 66.4 Å². The molecule has 42 heavy (non-hydrogen) atoms. The number of aromatic carboxylic acids is 1. The van der Waals surface area contributed by atoms with Gasteiger partial charge in [0, 0.05) is 26.8 Å². The summed E-state index contributed by atoms with van der Waals surface area (Å²) in [5, 5.41) is 14.7. The van der Waals surface area contributed by atoms with Gasteiger partial charge in [-0.25, -0.2) is 4.79 Å². The number of para-hydroxylation sites is 1. The summed E-state index contributed by atoms with van der Waals surface area (Å²) in [6, 6.07) is 35.3. The molecule has 0 radical (unpaired) electrons. The van der Waals surface area contributed by atoms with Crippen molar-refractivity contribution >= 4 is 45.4 Å². The quantitative estimate of drug-likeness (QED) is 0.198. The highest BCUT2D eigenvalue weighted by Gasteiger charge is 2.46. The monoisotopic (exact) mass is 569 g/mol. The Labute approximate surface area is 247 Å². The predicted molar refractivity (Wildman–Crippen MR) is 165 cm³/mol. The maximum absolute atomic E-state index is 14.1. The minimum absolute atomic E-state index is 0.151. The number of nitrogens with one attached hydrogen (secondary N) is 1. The fourth-order valence-corrected chi connectivity index (χ4v) is 6.44. The first-order valence-corrected chi connectivity index (χ1v) is 14.7. The lowest BCUT2D eigenvalue weighted by Crippen LogP contribution is -2.35. The molecule has 4 aromatic carbocycles. The lowest BCUT2D eigenvalue weighted by atomic mass is 10.0. The molecule has 7 rings (SSSR count). The number of benzene rings is 4. The first kappa shape index (κ1) is 26.0. The van der Waals surface area contributed by atoms with Crippen LogP contribution in [-0.4, -0.2) is 26.5 Å². The molecule has 0 aliphatic heterocycles. The van der Waals surface area contributed by atoms with E-state index in [4.69, 9.17) is 4.98 Å². The van der Waals surface area contributed by atoms with E-state index in [0.29, 0.717) is 12.1 Å². The summed E-state index contributed by atoms with van der Waals surface area (Å²) in [7, 11) is 0.